The van der Waals surface area contributed by atoms with Gasteiger partial charge in [0.05, 0.1) is 0 Å². The Morgan fingerprint density at radius 1 is 1.09 bits per heavy atom. The molecule has 6 nitrogen and oxygen atoms in total. The van der Waals surface area contributed by atoms with Gasteiger partial charge in [0, 0.05) is 44.5 Å². The van der Waals surface area contributed by atoms with E-state index in [1.54, 1.807) is 6.20 Å². The van der Waals surface area contributed by atoms with Gasteiger partial charge in [0.1, 0.15) is 0 Å². The van der Waals surface area contributed by atoms with Crippen LogP contribution in [0.4, 0.5) is 5.82 Å². The molecule has 0 spiro atoms. The Morgan fingerprint density at radius 2 is 1.91 bits per heavy atom. The Labute approximate surface area is 135 Å². The zero-order chi connectivity index (χ0) is 16.1. The van der Waals surface area contributed by atoms with Crippen molar-refractivity contribution < 1.29 is 4.79 Å². The monoisotopic (exact) mass is 311 g/mol. The van der Waals surface area contributed by atoms with Crippen LogP contribution in [0.3, 0.4) is 0 Å². The first kappa shape index (κ1) is 15.4. The van der Waals surface area contributed by atoms with E-state index in [0.717, 1.165) is 43.0 Å². The summed E-state index contributed by atoms with van der Waals surface area (Å²) in [4.78, 5) is 16.7. The van der Waals surface area contributed by atoms with Crippen molar-refractivity contribution in [2.45, 2.75) is 13.0 Å². The molecular weight excluding hydrogens is 290 g/mol. The van der Waals surface area contributed by atoms with Gasteiger partial charge < -0.3 is 15.5 Å². The van der Waals surface area contributed by atoms with Crippen LogP contribution >= 0.6 is 0 Å². The van der Waals surface area contributed by atoms with Gasteiger partial charge in [-0.1, -0.05) is 12.1 Å². The van der Waals surface area contributed by atoms with E-state index in [1.165, 1.54) is 0 Å². The molecule has 1 aromatic heterocycles. The maximum absolute atomic E-state index is 12.6. The fourth-order valence-corrected chi connectivity index (χ4v) is 2.78. The molecule has 0 saturated carbocycles. The molecule has 1 aliphatic heterocycles. The number of benzene rings is 1. The molecule has 2 heterocycles. The number of amides is 1. The summed E-state index contributed by atoms with van der Waals surface area (Å²) in [6, 6.07) is 11.4. The third-order valence-corrected chi connectivity index (χ3v) is 4.10. The minimum Gasteiger partial charge on any atom is -0.353 e. The van der Waals surface area contributed by atoms with Gasteiger partial charge in [0.2, 0.25) is 0 Å². The highest BCUT2D eigenvalue weighted by molar-refractivity contribution is 5.94. The van der Waals surface area contributed by atoms with E-state index >= 15 is 0 Å². The van der Waals surface area contributed by atoms with Crippen LogP contribution in [0, 0.1) is 0 Å². The lowest BCUT2D eigenvalue weighted by Gasteiger charge is -2.22. The smallest absolute Gasteiger partial charge is 0.253 e. The van der Waals surface area contributed by atoms with Crippen LogP contribution in [0.25, 0.3) is 0 Å². The molecule has 23 heavy (non-hydrogen) atoms. The average Bonchev–Trinajstić information content (AvgIpc) is 2.88. The van der Waals surface area contributed by atoms with E-state index in [1.807, 2.05) is 41.3 Å². The second kappa shape index (κ2) is 7.19. The molecule has 0 unspecified atom stereocenters. The summed E-state index contributed by atoms with van der Waals surface area (Å²) in [5, 5.41) is 8.08. The van der Waals surface area contributed by atoms with Gasteiger partial charge in [0.15, 0.2) is 5.82 Å². The normalized spacial score (nSPS) is 15.3. The molecule has 1 fully saturated rings. The summed E-state index contributed by atoms with van der Waals surface area (Å²) < 4.78 is 0. The lowest BCUT2D eigenvalue weighted by atomic mass is 10.1. The number of aromatic nitrogens is 2. The Balaban J connectivity index is 1.66. The van der Waals surface area contributed by atoms with Crippen LogP contribution in [-0.2, 0) is 6.54 Å². The number of hydrogen-bond donors (Lipinski definition) is 1. The largest absolute Gasteiger partial charge is 0.353 e. The lowest BCUT2D eigenvalue weighted by Crippen LogP contribution is -2.35. The predicted octanol–water partition coefficient (Wildman–Crippen LogP) is 1.29. The molecule has 1 amide bonds. The third kappa shape index (κ3) is 3.65. The van der Waals surface area contributed by atoms with Gasteiger partial charge in [-0.3, -0.25) is 4.79 Å². The third-order valence-electron chi connectivity index (χ3n) is 4.10. The van der Waals surface area contributed by atoms with Crippen LogP contribution in [0.1, 0.15) is 22.3 Å². The second-order valence-corrected chi connectivity index (χ2v) is 5.62. The Morgan fingerprint density at radius 3 is 2.61 bits per heavy atom. The van der Waals surface area contributed by atoms with E-state index in [9.17, 15) is 4.79 Å². The van der Waals surface area contributed by atoms with Crippen LogP contribution in [0.2, 0.25) is 0 Å². The zero-order valence-electron chi connectivity index (χ0n) is 13.1. The summed E-state index contributed by atoms with van der Waals surface area (Å²) in [6.45, 7) is 3.59. The van der Waals surface area contributed by atoms with E-state index in [0.29, 0.717) is 13.1 Å². The second-order valence-electron chi connectivity index (χ2n) is 5.62. The fraction of sp³-hybridized carbons (Fsp3) is 0.353. The molecule has 120 valence electrons. The molecule has 3 rings (SSSR count). The van der Waals surface area contributed by atoms with Crippen LogP contribution in [-0.4, -0.2) is 47.2 Å². The summed E-state index contributed by atoms with van der Waals surface area (Å²) in [7, 11) is 0. The topological polar surface area (TPSA) is 75.4 Å². The fourth-order valence-electron chi connectivity index (χ4n) is 2.78. The van der Waals surface area contributed by atoms with Gasteiger partial charge in [-0.25, -0.2) is 0 Å². The van der Waals surface area contributed by atoms with Crippen molar-refractivity contribution in [1.29, 1.82) is 0 Å². The Bertz CT molecular complexity index is 644. The number of hydrogen-bond acceptors (Lipinski definition) is 5. The first-order valence-electron chi connectivity index (χ1n) is 7.89. The summed E-state index contributed by atoms with van der Waals surface area (Å²) in [5.74, 6) is 0.948. The quantitative estimate of drug-likeness (QED) is 0.924. The maximum Gasteiger partial charge on any atom is 0.253 e. The number of anilines is 1. The molecule has 1 saturated heterocycles. The first-order chi connectivity index (χ1) is 11.3. The van der Waals surface area contributed by atoms with Crippen LogP contribution in [0.5, 0.6) is 0 Å². The SMILES string of the molecule is NCc1ccc(C(=O)N2CCCN(c3cccnn3)CC2)cc1. The van der Waals surface area contributed by atoms with Crippen molar-refractivity contribution in [3.63, 3.8) is 0 Å². The average molecular weight is 311 g/mol. The highest BCUT2D eigenvalue weighted by Crippen LogP contribution is 2.14. The van der Waals surface area contributed by atoms with E-state index in [-0.39, 0.29) is 5.91 Å². The zero-order valence-corrected chi connectivity index (χ0v) is 13.1. The van der Waals surface area contributed by atoms with Crippen LogP contribution < -0.4 is 10.6 Å². The van der Waals surface area contributed by atoms with E-state index in [2.05, 4.69) is 15.1 Å². The molecule has 0 atom stereocenters. The summed E-state index contributed by atoms with van der Waals surface area (Å²) in [5.41, 5.74) is 7.35. The molecule has 0 radical (unpaired) electrons. The summed E-state index contributed by atoms with van der Waals surface area (Å²) >= 11 is 0. The highest BCUT2D eigenvalue weighted by Gasteiger charge is 2.20. The number of carbonyl (C=O) groups excluding carboxylic acids is 1. The summed E-state index contributed by atoms with van der Waals surface area (Å²) in [6.07, 6.45) is 2.59. The number of carbonyl (C=O) groups is 1. The number of nitrogens with zero attached hydrogens (tertiary/aromatic N) is 4. The Kier molecular flexibility index (Phi) is 4.83. The maximum atomic E-state index is 12.6. The number of rotatable bonds is 3. The van der Waals surface area contributed by atoms with Crippen molar-refractivity contribution in [1.82, 2.24) is 15.1 Å². The molecule has 6 heteroatoms. The molecule has 1 aromatic carbocycles. The van der Waals surface area contributed by atoms with Gasteiger partial charge in [-0.2, -0.15) is 5.10 Å². The van der Waals surface area contributed by atoms with Crippen molar-refractivity contribution in [2.24, 2.45) is 5.73 Å². The lowest BCUT2D eigenvalue weighted by molar-refractivity contribution is 0.0767. The van der Waals surface area contributed by atoms with E-state index < -0.39 is 0 Å². The molecule has 0 aliphatic carbocycles. The minimum atomic E-state index is 0.0783. The molecule has 1 aliphatic rings. The molecular formula is C17H21N5O. The first-order valence-corrected chi connectivity index (χ1v) is 7.89. The van der Waals surface area contributed by atoms with Gasteiger partial charge in [-0.15, -0.1) is 5.10 Å². The van der Waals surface area contributed by atoms with Crippen LogP contribution in [0.15, 0.2) is 42.6 Å². The van der Waals surface area contributed by atoms with E-state index in [4.69, 9.17) is 5.73 Å². The van der Waals surface area contributed by atoms with Crippen molar-refractivity contribution in [3.05, 3.63) is 53.7 Å². The molecule has 2 aromatic rings. The van der Waals surface area contributed by atoms with Gasteiger partial charge in [0.25, 0.3) is 5.91 Å². The van der Waals surface area contributed by atoms with Crippen molar-refractivity contribution >= 4 is 11.7 Å². The Hall–Kier alpha value is -2.47. The standard InChI is InChI=1S/C17H21N5O/c18-13-14-4-6-15(7-5-14)17(23)22-10-2-9-21(11-12-22)16-3-1-8-19-20-16/h1,3-8H,2,9-13,18H2. The van der Waals surface area contributed by atoms with Gasteiger partial charge in [-0.05, 0) is 36.2 Å². The minimum absolute atomic E-state index is 0.0783. The molecule has 0 bridgehead atoms. The van der Waals surface area contributed by atoms with Gasteiger partial charge >= 0.3 is 0 Å². The molecule has 2 N–H and O–H groups in total. The van der Waals surface area contributed by atoms with Crippen molar-refractivity contribution in [2.75, 3.05) is 31.1 Å². The highest BCUT2D eigenvalue weighted by atomic mass is 16.2. The van der Waals surface area contributed by atoms with Crippen molar-refractivity contribution in [3.8, 4) is 0 Å². The number of nitrogens with two attached hydrogens (primary N) is 1. The predicted molar refractivity (Wildman–Crippen MR) is 89.1 cm³/mol.